The molecule has 10 heavy (non-hydrogen) atoms. The molecule has 1 heterocycles. The molecule has 0 saturated carbocycles. The molecule has 0 atom stereocenters. The first-order valence-electron chi connectivity index (χ1n) is 3.20. The highest BCUT2D eigenvalue weighted by atomic mass is 16.4. The number of amides is 1. The van der Waals surface area contributed by atoms with Gasteiger partial charge in [0, 0.05) is 19.5 Å². The molecule has 0 bridgehead atoms. The van der Waals surface area contributed by atoms with Gasteiger partial charge in [0.2, 0.25) is 5.91 Å². The van der Waals surface area contributed by atoms with E-state index >= 15 is 0 Å². The smallest absolute Gasteiger partial charge is 0.303 e. The maximum absolute atomic E-state index is 10.8. The zero-order valence-corrected chi connectivity index (χ0v) is 5.54. The first-order valence-corrected chi connectivity index (χ1v) is 3.20. The van der Waals surface area contributed by atoms with Crippen LogP contribution in [0, 0.1) is 0 Å². The van der Waals surface area contributed by atoms with Gasteiger partial charge in [-0.25, -0.2) is 0 Å². The fourth-order valence-corrected chi connectivity index (χ4v) is 0.671. The van der Waals surface area contributed by atoms with Crippen LogP contribution in [0.1, 0.15) is 12.8 Å². The number of aliphatic carboxylic acids is 1. The van der Waals surface area contributed by atoms with E-state index in [1.165, 1.54) is 0 Å². The molecule has 1 aliphatic heterocycles. The molecule has 1 aliphatic rings. The van der Waals surface area contributed by atoms with E-state index in [2.05, 4.69) is 0 Å². The predicted molar refractivity (Wildman–Crippen MR) is 33.4 cm³/mol. The fraction of sp³-hybridized carbons (Fsp3) is 0.667. The summed E-state index contributed by atoms with van der Waals surface area (Å²) in [6.45, 7) is 1.61. The summed E-state index contributed by atoms with van der Waals surface area (Å²) in [7, 11) is 0. The third kappa shape index (κ3) is 2.05. The Hall–Kier alpha value is -1.06. The summed E-state index contributed by atoms with van der Waals surface area (Å²) in [6.07, 6.45) is 0.102. The van der Waals surface area contributed by atoms with Crippen LogP contribution in [0.5, 0.6) is 0 Å². The Morgan fingerprint density at radius 3 is 2.30 bits per heavy atom. The van der Waals surface area contributed by atoms with E-state index in [1.807, 2.05) is 0 Å². The summed E-state index contributed by atoms with van der Waals surface area (Å²) in [5.74, 6) is -0.947. The lowest BCUT2D eigenvalue weighted by Gasteiger charge is -1.96. The Kier molecular flexibility index (Phi) is 1.89. The van der Waals surface area contributed by atoms with E-state index < -0.39 is 5.97 Å². The monoisotopic (exact) mass is 143 g/mol. The maximum atomic E-state index is 10.8. The van der Waals surface area contributed by atoms with Crippen LogP contribution < -0.4 is 0 Å². The standard InChI is InChI=1S/C6H9NO3/c8-5(7-3-4-7)1-2-6(9)10/h1-4H2,(H,9,10). The van der Waals surface area contributed by atoms with Gasteiger partial charge in [0.05, 0.1) is 6.42 Å². The number of hydrogen-bond donors (Lipinski definition) is 1. The van der Waals surface area contributed by atoms with Gasteiger partial charge in [0.15, 0.2) is 0 Å². The molecule has 0 unspecified atom stereocenters. The second-order valence-corrected chi connectivity index (χ2v) is 2.27. The highest BCUT2D eigenvalue weighted by Crippen LogP contribution is 2.07. The highest BCUT2D eigenvalue weighted by molar-refractivity contribution is 5.82. The second kappa shape index (κ2) is 2.68. The van der Waals surface area contributed by atoms with E-state index in [0.29, 0.717) is 0 Å². The number of carbonyl (C=O) groups is 2. The average Bonchev–Trinajstić information content (AvgIpc) is 2.63. The molecule has 1 fully saturated rings. The van der Waals surface area contributed by atoms with Crippen molar-refractivity contribution in [2.75, 3.05) is 13.1 Å². The Morgan fingerprint density at radius 1 is 1.30 bits per heavy atom. The zero-order valence-electron chi connectivity index (χ0n) is 5.54. The van der Waals surface area contributed by atoms with Crippen molar-refractivity contribution in [3.8, 4) is 0 Å². The van der Waals surface area contributed by atoms with Crippen molar-refractivity contribution in [2.24, 2.45) is 0 Å². The molecule has 4 heteroatoms. The van der Waals surface area contributed by atoms with Gasteiger partial charge in [-0.05, 0) is 0 Å². The molecule has 1 rings (SSSR count). The van der Waals surface area contributed by atoms with Gasteiger partial charge in [-0.1, -0.05) is 0 Å². The third-order valence-corrected chi connectivity index (χ3v) is 1.35. The molecule has 1 N–H and O–H groups in total. The van der Waals surface area contributed by atoms with E-state index in [-0.39, 0.29) is 18.7 Å². The van der Waals surface area contributed by atoms with Crippen molar-refractivity contribution in [3.05, 3.63) is 0 Å². The zero-order chi connectivity index (χ0) is 7.56. The number of rotatable bonds is 3. The molecule has 1 amide bonds. The number of carboxylic acid groups (broad SMARTS) is 1. The summed E-state index contributed by atoms with van der Waals surface area (Å²) in [4.78, 5) is 22.4. The lowest BCUT2D eigenvalue weighted by Crippen LogP contribution is -2.11. The minimum atomic E-state index is -0.907. The first kappa shape index (κ1) is 7.05. The van der Waals surface area contributed by atoms with Crippen molar-refractivity contribution in [3.63, 3.8) is 0 Å². The van der Waals surface area contributed by atoms with Gasteiger partial charge < -0.3 is 10.0 Å². The molecular weight excluding hydrogens is 134 g/mol. The topological polar surface area (TPSA) is 57.4 Å². The minimum absolute atomic E-state index is 0.0394. The highest BCUT2D eigenvalue weighted by Gasteiger charge is 2.23. The number of carbonyl (C=O) groups excluding carboxylic acids is 1. The summed E-state index contributed by atoms with van der Waals surface area (Å²) in [6, 6.07) is 0. The van der Waals surface area contributed by atoms with Gasteiger partial charge in [-0.2, -0.15) is 0 Å². The number of nitrogens with zero attached hydrogens (tertiary/aromatic N) is 1. The van der Waals surface area contributed by atoms with Gasteiger partial charge in [0.25, 0.3) is 0 Å². The SMILES string of the molecule is O=C(O)CCC(=O)N1CC1. The summed E-state index contributed by atoms with van der Waals surface area (Å²) >= 11 is 0. The third-order valence-electron chi connectivity index (χ3n) is 1.35. The lowest BCUT2D eigenvalue weighted by molar-refractivity contribution is -0.139. The molecule has 0 aromatic rings. The molecule has 0 aromatic heterocycles. The Bertz CT molecular complexity index is 162. The maximum Gasteiger partial charge on any atom is 0.303 e. The van der Waals surface area contributed by atoms with Crippen LogP contribution in [-0.4, -0.2) is 35.0 Å². The summed E-state index contributed by atoms with van der Waals surface area (Å²) in [5, 5.41) is 8.19. The summed E-state index contributed by atoms with van der Waals surface area (Å²) < 4.78 is 0. The van der Waals surface area contributed by atoms with Crippen LogP contribution in [0.25, 0.3) is 0 Å². The van der Waals surface area contributed by atoms with Crippen molar-refractivity contribution < 1.29 is 14.7 Å². The van der Waals surface area contributed by atoms with Crippen LogP contribution in [-0.2, 0) is 9.59 Å². The van der Waals surface area contributed by atoms with E-state index in [4.69, 9.17) is 5.11 Å². The van der Waals surface area contributed by atoms with E-state index in [0.717, 1.165) is 13.1 Å². The van der Waals surface area contributed by atoms with E-state index in [1.54, 1.807) is 4.90 Å². The lowest BCUT2D eigenvalue weighted by atomic mass is 10.3. The van der Waals surface area contributed by atoms with Crippen LogP contribution in [0.15, 0.2) is 0 Å². The molecular formula is C6H9NO3. The van der Waals surface area contributed by atoms with Crippen LogP contribution in [0.4, 0.5) is 0 Å². The van der Waals surface area contributed by atoms with Crippen LogP contribution in [0.2, 0.25) is 0 Å². The van der Waals surface area contributed by atoms with Gasteiger partial charge in [-0.15, -0.1) is 0 Å². The van der Waals surface area contributed by atoms with Crippen molar-refractivity contribution in [1.82, 2.24) is 4.90 Å². The molecule has 0 aliphatic carbocycles. The van der Waals surface area contributed by atoms with Crippen LogP contribution in [0.3, 0.4) is 0 Å². The quantitative estimate of drug-likeness (QED) is 0.551. The van der Waals surface area contributed by atoms with Gasteiger partial charge in [0.1, 0.15) is 0 Å². The summed E-state index contributed by atoms with van der Waals surface area (Å²) in [5.41, 5.74) is 0. The molecule has 0 aromatic carbocycles. The first-order chi connectivity index (χ1) is 4.70. The molecule has 56 valence electrons. The Labute approximate surface area is 58.4 Å². The van der Waals surface area contributed by atoms with Crippen molar-refractivity contribution >= 4 is 11.9 Å². The van der Waals surface area contributed by atoms with Crippen molar-refractivity contribution in [2.45, 2.75) is 12.8 Å². The fourth-order valence-electron chi connectivity index (χ4n) is 0.671. The molecule has 4 nitrogen and oxygen atoms in total. The molecule has 1 saturated heterocycles. The molecule has 0 spiro atoms. The van der Waals surface area contributed by atoms with Gasteiger partial charge in [-0.3, -0.25) is 9.59 Å². The number of carboxylic acids is 1. The minimum Gasteiger partial charge on any atom is -0.481 e. The second-order valence-electron chi connectivity index (χ2n) is 2.27. The number of hydrogen-bond acceptors (Lipinski definition) is 2. The predicted octanol–water partition coefficient (Wildman–Crippen LogP) is -0.307. The largest absolute Gasteiger partial charge is 0.481 e. The average molecular weight is 143 g/mol. The van der Waals surface area contributed by atoms with Crippen molar-refractivity contribution in [1.29, 1.82) is 0 Å². The van der Waals surface area contributed by atoms with E-state index in [9.17, 15) is 9.59 Å². The normalized spacial score (nSPS) is 15.0. The Balaban J connectivity index is 2.12. The van der Waals surface area contributed by atoms with Crippen LogP contribution >= 0.6 is 0 Å². The Morgan fingerprint density at radius 2 is 1.90 bits per heavy atom. The van der Waals surface area contributed by atoms with Gasteiger partial charge >= 0.3 is 5.97 Å². The molecule has 0 radical (unpaired) electrons.